The molecule has 4 aromatic rings. The lowest BCUT2D eigenvalue weighted by Gasteiger charge is -2.19. The summed E-state index contributed by atoms with van der Waals surface area (Å²) in [5, 5.41) is 18.7. The van der Waals surface area contributed by atoms with Crippen molar-refractivity contribution in [1.29, 1.82) is 0 Å². The van der Waals surface area contributed by atoms with Gasteiger partial charge in [-0.25, -0.2) is 10.1 Å². The molecule has 0 unspecified atom stereocenters. The predicted octanol–water partition coefficient (Wildman–Crippen LogP) is 2.65. The number of amides is 1. The van der Waals surface area contributed by atoms with Crippen LogP contribution in [-0.2, 0) is 12.7 Å². The van der Waals surface area contributed by atoms with E-state index in [4.69, 9.17) is 5.73 Å². The molecular weight excluding hydrogens is 467 g/mol. The molecule has 0 aliphatic carbocycles. The van der Waals surface area contributed by atoms with Crippen molar-refractivity contribution in [3.05, 3.63) is 77.1 Å². The molecule has 11 nitrogen and oxygen atoms in total. The predicted molar refractivity (Wildman–Crippen MR) is 119 cm³/mol. The molecule has 0 bridgehead atoms. The highest BCUT2D eigenvalue weighted by molar-refractivity contribution is 5.94. The van der Waals surface area contributed by atoms with Crippen LogP contribution in [0.4, 0.5) is 24.7 Å². The number of aromatic nitrogens is 5. The number of benzene rings is 2. The normalized spacial score (nSPS) is 11.7. The first-order chi connectivity index (χ1) is 16.8. The van der Waals surface area contributed by atoms with E-state index in [0.29, 0.717) is 0 Å². The van der Waals surface area contributed by atoms with Crippen LogP contribution in [0.5, 0.6) is 0 Å². The van der Waals surface area contributed by atoms with E-state index < -0.39 is 17.6 Å². The Kier molecular flexibility index (Phi) is 6.44. The first kappa shape index (κ1) is 23.4. The van der Waals surface area contributed by atoms with E-state index in [1.54, 1.807) is 7.05 Å². The number of para-hydroxylation sites is 1. The van der Waals surface area contributed by atoms with Crippen LogP contribution in [0.2, 0.25) is 0 Å². The molecule has 1 amide bonds. The number of nitrogens with one attached hydrogen (secondary N) is 1. The van der Waals surface area contributed by atoms with Crippen LogP contribution in [0.3, 0.4) is 0 Å². The smallest absolute Gasteiger partial charge is 0.378 e. The minimum absolute atomic E-state index is 0.0237. The van der Waals surface area contributed by atoms with E-state index in [9.17, 15) is 18.0 Å². The molecule has 0 aliphatic rings. The standard InChI is InChI=1S/C21H18F3N9O2/c1-32(14-8-3-2-4-9-14)12-16-17(27-31-33(16)19-18(25)29-35-30-19)20(34)28-26-11-13-7-5-6-10-15(13)21(22,23)24/h2-11H,12H2,1H3,(H2,25,29)(H,28,34)/b26-11+. The van der Waals surface area contributed by atoms with E-state index in [-0.39, 0.29) is 35.1 Å². The van der Waals surface area contributed by atoms with Gasteiger partial charge in [0.2, 0.25) is 11.6 Å². The van der Waals surface area contributed by atoms with Gasteiger partial charge in [-0.1, -0.05) is 41.6 Å². The summed E-state index contributed by atoms with van der Waals surface area (Å²) >= 11 is 0. The number of anilines is 2. The largest absolute Gasteiger partial charge is 0.417 e. The second kappa shape index (κ2) is 9.62. The van der Waals surface area contributed by atoms with Gasteiger partial charge in [0.15, 0.2) is 5.69 Å². The number of hydrogen-bond donors (Lipinski definition) is 2. The molecule has 35 heavy (non-hydrogen) atoms. The van der Waals surface area contributed by atoms with Crippen molar-refractivity contribution in [2.24, 2.45) is 5.10 Å². The molecule has 0 atom stereocenters. The van der Waals surface area contributed by atoms with E-state index in [2.05, 4.69) is 35.8 Å². The van der Waals surface area contributed by atoms with Crippen molar-refractivity contribution in [3.8, 4) is 5.82 Å². The van der Waals surface area contributed by atoms with Crippen molar-refractivity contribution in [1.82, 2.24) is 30.7 Å². The summed E-state index contributed by atoms with van der Waals surface area (Å²) in [5.74, 6) is -0.855. The first-order valence-corrected chi connectivity index (χ1v) is 10.0. The average Bonchev–Trinajstić information content (AvgIpc) is 3.44. The lowest BCUT2D eigenvalue weighted by molar-refractivity contribution is -0.137. The summed E-state index contributed by atoms with van der Waals surface area (Å²) in [5.41, 5.74) is 7.83. The SMILES string of the molecule is CN(Cc1c(C(=O)N/N=C/c2ccccc2C(F)(F)F)nnn1-c1nonc1N)c1ccccc1. The zero-order chi connectivity index (χ0) is 25.0. The second-order valence-corrected chi connectivity index (χ2v) is 7.25. The van der Waals surface area contributed by atoms with Gasteiger partial charge in [0, 0.05) is 18.3 Å². The Morgan fingerprint density at radius 1 is 1.17 bits per heavy atom. The van der Waals surface area contributed by atoms with E-state index in [1.807, 2.05) is 35.2 Å². The molecule has 0 aliphatic heterocycles. The summed E-state index contributed by atoms with van der Waals surface area (Å²) in [4.78, 5) is 14.7. The van der Waals surface area contributed by atoms with Crippen LogP contribution < -0.4 is 16.1 Å². The number of carbonyl (C=O) groups excluding carboxylic acids is 1. The fraction of sp³-hybridized carbons (Fsp3) is 0.143. The Morgan fingerprint density at radius 3 is 2.57 bits per heavy atom. The molecule has 14 heteroatoms. The number of rotatable bonds is 7. The van der Waals surface area contributed by atoms with E-state index in [0.717, 1.165) is 18.0 Å². The highest BCUT2D eigenvalue weighted by Crippen LogP contribution is 2.31. The van der Waals surface area contributed by atoms with Crippen LogP contribution in [0.15, 0.2) is 64.3 Å². The van der Waals surface area contributed by atoms with Gasteiger partial charge in [0.25, 0.3) is 5.91 Å². The van der Waals surface area contributed by atoms with Crippen molar-refractivity contribution >= 4 is 23.6 Å². The van der Waals surface area contributed by atoms with Crippen molar-refractivity contribution in [2.45, 2.75) is 12.7 Å². The number of nitrogens with two attached hydrogens (primary N) is 1. The molecule has 3 N–H and O–H groups in total. The Hall–Kier alpha value is -4.75. The molecule has 2 aromatic carbocycles. The number of hydrazone groups is 1. The Labute approximate surface area is 196 Å². The maximum atomic E-state index is 13.2. The zero-order valence-corrected chi connectivity index (χ0v) is 18.1. The third-order valence-corrected chi connectivity index (χ3v) is 4.89. The van der Waals surface area contributed by atoms with Crippen molar-refractivity contribution in [2.75, 3.05) is 17.7 Å². The Morgan fingerprint density at radius 2 is 1.89 bits per heavy atom. The van der Waals surface area contributed by atoms with Gasteiger partial charge in [-0.05, 0) is 28.5 Å². The van der Waals surface area contributed by atoms with Crippen LogP contribution in [0.25, 0.3) is 5.82 Å². The van der Waals surface area contributed by atoms with Gasteiger partial charge < -0.3 is 10.6 Å². The lowest BCUT2D eigenvalue weighted by Crippen LogP contribution is -2.25. The molecule has 0 radical (unpaired) electrons. The van der Waals surface area contributed by atoms with Crippen LogP contribution in [0, 0.1) is 0 Å². The summed E-state index contributed by atoms with van der Waals surface area (Å²) in [6, 6.07) is 14.1. The van der Waals surface area contributed by atoms with Gasteiger partial charge in [-0.3, -0.25) is 4.79 Å². The van der Waals surface area contributed by atoms with Crippen molar-refractivity contribution in [3.63, 3.8) is 0 Å². The summed E-state index contributed by atoms with van der Waals surface area (Å²) < 4.78 is 45.4. The molecule has 180 valence electrons. The van der Waals surface area contributed by atoms with E-state index >= 15 is 0 Å². The van der Waals surface area contributed by atoms with Gasteiger partial charge >= 0.3 is 6.18 Å². The number of hydrogen-bond acceptors (Lipinski definition) is 9. The lowest BCUT2D eigenvalue weighted by atomic mass is 10.1. The van der Waals surface area contributed by atoms with Crippen molar-refractivity contribution < 1.29 is 22.6 Å². The Bertz CT molecular complexity index is 1350. The number of nitrogen functional groups attached to an aromatic ring is 1. The van der Waals surface area contributed by atoms with Gasteiger partial charge in [-0.2, -0.15) is 23.0 Å². The molecule has 0 saturated carbocycles. The van der Waals surface area contributed by atoms with Gasteiger partial charge in [-0.15, -0.1) is 5.10 Å². The van der Waals surface area contributed by atoms with E-state index in [1.165, 1.54) is 22.9 Å². The molecule has 0 saturated heterocycles. The molecule has 2 aromatic heterocycles. The maximum absolute atomic E-state index is 13.2. The number of halogens is 3. The number of alkyl halides is 3. The van der Waals surface area contributed by atoms with Crippen LogP contribution in [-0.4, -0.2) is 44.5 Å². The highest BCUT2D eigenvalue weighted by Gasteiger charge is 2.32. The monoisotopic (exact) mass is 485 g/mol. The summed E-state index contributed by atoms with van der Waals surface area (Å²) in [6.45, 7) is 0.132. The van der Waals surface area contributed by atoms with Gasteiger partial charge in [0.1, 0.15) is 0 Å². The summed E-state index contributed by atoms with van der Waals surface area (Å²) in [7, 11) is 1.78. The second-order valence-electron chi connectivity index (χ2n) is 7.25. The summed E-state index contributed by atoms with van der Waals surface area (Å²) in [6.07, 6.45) is -3.67. The molecule has 2 heterocycles. The fourth-order valence-corrected chi connectivity index (χ4v) is 3.21. The zero-order valence-electron chi connectivity index (χ0n) is 18.1. The molecular formula is C21H18F3N9O2. The van der Waals surface area contributed by atoms with Crippen LogP contribution in [0.1, 0.15) is 27.3 Å². The Balaban J connectivity index is 1.62. The van der Waals surface area contributed by atoms with Gasteiger partial charge in [0.05, 0.1) is 24.0 Å². The molecule has 0 fully saturated rings. The van der Waals surface area contributed by atoms with Crippen LogP contribution >= 0.6 is 0 Å². The molecule has 4 rings (SSSR count). The number of carbonyl (C=O) groups is 1. The third-order valence-electron chi connectivity index (χ3n) is 4.89. The quantitative estimate of drug-likeness (QED) is 0.301. The first-order valence-electron chi connectivity index (χ1n) is 10.0. The highest BCUT2D eigenvalue weighted by atomic mass is 19.4. The minimum Gasteiger partial charge on any atom is -0.378 e. The topological polar surface area (TPSA) is 140 Å². The third kappa shape index (κ3) is 5.10. The average molecular weight is 485 g/mol. The minimum atomic E-state index is -4.57. The maximum Gasteiger partial charge on any atom is 0.417 e. The number of nitrogens with zero attached hydrogens (tertiary/aromatic N) is 7. The molecule has 0 spiro atoms. The fourth-order valence-electron chi connectivity index (χ4n) is 3.21.